The third kappa shape index (κ3) is 4.02. The SMILES string of the molecule is CC(C)(C)OC(=O)N[C@@]1(C)CC[C@@H](CC(N)=NO)C1(C)C. The minimum atomic E-state index is -0.517. The van der Waals surface area contributed by atoms with Crippen LogP contribution >= 0.6 is 0 Å². The van der Waals surface area contributed by atoms with E-state index in [0.717, 1.165) is 12.8 Å². The van der Waals surface area contributed by atoms with Crippen molar-refractivity contribution in [1.29, 1.82) is 0 Å². The summed E-state index contributed by atoms with van der Waals surface area (Å²) in [6.07, 6.45) is 1.87. The molecule has 21 heavy (non-hydrogen) atoms. The summed E-state index contributed by atoms with van der Waals surface area (Å²) in [6, 6.07) is 0. The van der Waals surface area contributed by atoms with Crippen molar-refractivity contribution < 1.29 is 14.7 Å². The number of nitrogens with one attached hydrogen (secondary N) is 1. The molecular weight excluding hydrogens is 270 g/mol. The zero-order valence-corrected chi connectivity index (χ0v) is 14.0. The number of ether oxygens (including phenoxy) is 1. The second kappa shape index (κ2) is 5.73. The Kier molecular flexibility index (Phi) is 4.80. The van der Waals surface area contributed by atoms with Crippen LogP contribution < -0.4 is 11.1 Å². The van der Waals surface area contributed by atoms with Crippen molar-refractivity contribution in [2.45, 2.75) is 71.9 Å². The molecule has 1 amide bonds. The zero-order chi connectivity index (χ0) is 16.5. The summed E-state index contributed by atoms with van der Waals surface area (Å²) in [7, 11) is 0. The van der Waals surface area contributed by atoms with Gasteiger partial charge in [-0.1, -0.05) is 19.0 Å². The normalized spacial score (nSPS) is 29.2. The van der Waals surface area contributed by atoms with Gasteiger partial charge in [-0.05, 0) is 51.9 Å². The van der Waals surface area contributed by atoms with Crippen LogP contribution in [-0.2, 0) is 4.74 Å². The first kappa shape index (κ1) is 17.6. The number of carbonyl (C=O) groups excluding carboxylic acids is 1. The van der Waals surface area contributed by atoms with Crippen LogP contribution in [0.15, 0.2) is 5.16 Å². The molecule has 1 fully saturated rings. The van der Waals surface area contributed by atoms with Crippen molar-refractivity contribution in [3.8, 4) is 0 Å². The Labute approximate surface area is 127 Å². The Morgan fingerprint density at radius 1 is 1.43 bits per heavy atom. The first-order valence-corrected chi connectivity index (χ1v) is 7.39. The maximum Gasteiger partial charge on any atom is 0.408 e. The summed E-state index contributed by atoms with van der Waals surface area (Å²) in [4.78, 5) is 12.1. The maximum atomic E-state index is 12.1. The number of amides is 1. The van der Waals surface area contributed by atoms with Crippen LogP contribution in [0.1, 0.15) is 60.8 Å². The molecule has 0 aromatic carbocycles. The number of amidine groups is 1. The van der Waals surface area contributed by atoms with E-state index in [1.54, 1.807) is 0 Å². The van der Waals surface area contributed by atoms with Crippen molar-refractivity contribution in [3.05, 3.63) is 0 Å². The van der Waals surface area contributed by atoms with E-state index in [4.69, 9.17) is 15.7 Å². The van der Waals surface area contributed by atoms with E-state index in [2.05, 4.69) is 24.3 Å². The molecule has 0 aromatic rings. The molecule has 1 aliphatic carbocycles. The van der Waals surface area contributed by atoms with Gasteiger partial charge in [0.05, 0.1) is 0 Å². The van der Waals surface area contributed by atoms with Gasteiger partial charge in [0.1, 0.15) is 11.4 Å². The average molecular weight is 299 g/mol. The lowest BCUT2D eigenvalue weighted by atomic mass is 9.70. The van der Waals surface area contributed by atoms with E-state index in [1.807, 2.05) is 27.7 Å². The van der Waals surface area contributed by atoms with Crippen molar-refractivity contribution in [2.24, 2.45) is 22.2 Å². The van der Waals surface area contributed by atoms with Gasteiger partial charge in [0, 0.05) is 12.0 Å². The predicted molar refractivity (Wildman–Crippen MR) is 82.3 cm³/mol. The van der Waals surface area contributed by atoms with Gasteiger partial charge in [-0.15, -0.1) is 0 Å². The molecule has 0 aliphatic heterocycles. The largest absolute Gasteiger partial charge is 0.444 e. The summed E-state index contributed by atoms with van der Waals surface area (Å²) in [5.74, 6) is 0.475. The molecule has 0 spiro atoms. The van der Waals surface area contributed by atoms with Crippen molar-refractivity contribution in [1.82, 2.24) is 5.32 Å². The summed E-state index contributed by atoms with van der Waals surface area (Å²) in [6.45, 7) is 11.8. The molecule has 1 aliphatic rings. The standard InChI is InChI=1S/C15H29N3O3/c1-13(2,3)21-12(19)17-15(6)8-7-10(14(15,4)5)9-11(16)18-20/h10,20H,7-9H2,1-6H3,(H2,16,18)(H,17,19)/t10-,15-/m0/s1. The lowest BCUT2D eigenvalue weighted by Crippen LogP contribution is -2.55. The molecule has 122 valence electrons. The molecule has 0 aromatic heterocycles. The first-order valence-electron chi connectivity index (χ1n) is 7.39. The van der Waals surface area contributed by atoms with Gasteiger partial charge in [0.25, 0.3) is 0 Å². The zero-order valence-electron chi connectivity index (χ0n) is 14.0. The van der Waals surface area contributed by atoms with Gasteiger partial charge in [-0.25, -0.2) is 4.79 Å². The van der Waals surface area contributed by atoms with Crippen molar-refractivity contribution in [3.63, 3.8) is 0 Å². The lowest BCUT2D eigenvalue weighted by Gasteiger charge is -2.42. The number of oxime groups is 1. The van der Waals surface area contributed by atoms with Crippen LogP contribution in [0.4, 0.5) is 4.79 Å². The van der Waals surface area contributed by atoms with Gasteiger partial charge in [0.2, 0.25) is 0 Å². The summed E-state index contributed by atoms with van der Waals surface area (Å²) < 4.78 is 5.36. The van der Waals surface area contributed by atoms with Crippen LogP contribution in [0.25, 0.3) is 0 Å². The van der Waals surface area contributed by atoms with E-state index in [0.29, 0.717) is 6.42 Å². The first-order chi connectivity index (χ1) is 9.41. The van der Waals surface area contributed by atoms with Gasteiger partial charge < -0.3 is 21.0 Å². The minimum absolute atomic E-state index is 0.181. The molecule has 1 saturated carbocycles. The summed E-state index contributed by atoms with van der Waals surface area (Å²) >= 11 is 0. The second-order valence-corrected chi connectivity index (χ2v) is 7.71. The maximum absolute atomic E-state index is 12.1. The molecule has 0 radical (unpaired) electrons. The smallest absolute Gasteiger partial charge is 0.408 e. The van der Waals surface area contributed by atoms with Gasteiger partial charge in [-0.3, -0.25) is 0 Å². The highest BCUT2D eigenvalue weighted by Gasteiger charge is 2.52. The van der Waals surface area contributed by atoms with Gasteiger partial charge >= 0.3 is 6.09 Å². The Morgan fingerprint density at radius 2 is 2.00 bits per heavy atom. The molecule has 6 nitrogen and oxygen atoms in total. The lowest BCUT2D eigenvalue weighted by molar-refractivity contribution is 0.0353. The molecule has 0 bridgehead atoms. The highest BCUT2D eigenvalue weighted by atomic mass is 16.6. The van der Waals surface area contributed by atoms with Crippen molar-refractivity contribution >= 4 is 11.9 Å². The van der Waals surface area contributed by atoms with Gasteiger partial charge in [-0.2, -0.15) is 0 Å². The molecule has 0 unspecified atom stereocenters. The monoisotopic (exact) mass is 299 g/mol. The quantitative estimate of drug-likeness (QED) is 0.323. The number of alkyl carbamates (subject to hydrolysis) is 1. The number of rotatable bonds is 3. The molecule has 0 saturated heterocycles. The highest BCUT2D eigenvalue weighted by molar-refractivity contribution is 5.80. The number of nitrogens with two attached hydrogens (primary N) is 1. The fourth-order valence-electron chi connectivity index (χ4n) is 3.00. The van der Waals surface area contributed by atoms with E-state index in [-0.39, 0.29) is 22.7 Å². The predicted octanol–water partition coefficient (Wildman–Crippen LogP) is 2.84. The van der Waals surface area contributed by atoms with E-state index >= 15 is 0 Å². The van der Waals surface area contributed by atoms with Crippen LogP contribution in [0, 0.1) is 11.3 Å². The number of carbonyl (C=O) groups is 1. The van der Waals surface area contributed by atoms with Crippen molar-refractivity contribution in [2.75, 3.05) is 0 Å². The third-order valence-corrected chi connectivity index (χ3v) is 4.80. The molecule has 2 atom stereocenters. The highest BCUT2D eigenvalue weighted by Crippen LogP contribution is 2.51. The Balaban J connectivity index is 2.80. The van der Waals surface area contributed by atoms with E-state index < -0.39 is 11.7 Å². The molecule has 6 heteroatoms. The van der Waals surface area contributed by atoms with Crippen LogP contribution in [-0.4, -0.2) is 28.3 Å². The summed E-state index contributed by atoms with van der Waals surface area (Å²) in [5.41, 5.74) is 4.56. The minimum Gasteiger partial charge on any atom is -0.444 e. The molecule has 4 N–H and O–H groups in total. The number of hydrogen-bond acceptors (Lipinski definition) is 4. The second-order valence-electron chi connectivity index (χ2n) is 7.71. The fraction of sp³-hybridized carbons (Fsp3) is 0.867. The summed E-state index contributed by atoms with van der Waals surface area (Å²) in [5, 5.41) is 14.8. The van der Waals surface area contributed by atoms with Crippen LogP contribution in [0.2, 0.25) is 0 Å². The molecular formula is C15H29N3O3. The van der Waals surface area contributed by atoms with E-state index in [9.17, 15) is 4.79 Å². The Hall–Kier alpha value is -1.46. The average Bonchev–Trinajstić information content (AvgIpc) is 2.50. The van der Waals surface area contributed by atoms with Crippen LogP contribution in [0.5, 0.6) is 0 Å². The van der Waals surface area contributed by atoms with Crippen LogP contribution in [0.3, 0.4) is 0 Å². The Morgan fingerprint density at radius 3 is 2.48 bits per heavy atom. The number of hydrogen-bond donors (Lipinski definition) is 3. The van der Waals surface area contributed by atoms with E-state index in [1.165, 1.54) is 0 Å². The third-order valence-electron chi connectivity index (χ3n) is 4.80. The molecule has 0 heterocycles. The fourth-order valence-corrected chi connectivity index (χ4v) is 3.00. The topological polar surface area (TPSA) is 96.9 Å². The molecule has 1 rings (SSSR count). The number of nitrogens with zero attached hydrogens (tertiary/aromatic N) is 1. The van der Waals surface area contributed by atoms with Gasteiger partial charge in [0.15, 0.2) is 0 Å². The Bertz CT molecular complexity index is 426.